The van der Waals surface area contributed by atoms with E-state index in [0.29, 0.717) is 55.2 Å². The number of carbonyl (C=O) groups excluding carboxylic acids is 3. The third-order valence-corrected chi connectivity index (χ3v) is 6.47. The van der Waals surface area contributed by atoms with Crippen molar-refractivity contribution in [2.45, 2.75) is 46.6 Å². The van der Waals surface area contributed by atoms with Crippen LogP contribution in [-0.2, 0) is 11.8 Å². The molecule has 3 aromatic rings. The van der Waals surface area contributed by atoms with Crippen LogP contribution in [0.15, 0.2) is 30.5 Å². The lowest BCUT2D eigenvalue weighted by Crippen LogP contribution is -2.42. The van der Waals surface area contributed by atoms with Crippen molar-refractivity contribution in [2.75, 3.05) is 29.9 Å². The summed E-state index contributed by atoms with van der Waals surface area (Å²) in [5.41, 5.74) is 2.82. The average Bonchev–Trinajstić information content (AvgIpc) is 3.16. The van der Waals surface area contributed by atoms with E-state index in [1.165, 1.54) is 6.20 Å². The minimum absolute atomic E-state index is 0.0106. The van der Waals surface area contributed by atoms with Gasteiger partial charge in [-0.25, -0.2) is 9.78 Å². The lowest BCUT2D eigenvalue weighted by Gasteiger charge is -2.34. The van der Waals surface area contributed by atoms with Gasteiger partial charge >= 0.3 is 6.03 Å². The van der Waals surface area contributed by atoms with Crippen LogP contribution in [0.5, 0.6) is 5.75 Å². The third kappa shape index (κ3) is 5.87. The summed E-state index contributed by atoms with van der Waals surface area (Å²) in [6.45, 7) is 9.38. The van der Waals surface area contributed by atoms with Gasteiger partial charge < -0.3 is 20.3 Å². The first kappa shape index (κ1) is 26.9. The van der Waals surface area contributed by atoms with Gasteiger partial charge in [-0.2, -0.15) is 5.10 Å². The van der Waals surface area contributed by atoms with Gasteiger partial charge in [0.25, 0.3) is 5.91 Å². The summed E-state index contributed by atoms with van der Waals surface area (Å²) < 4.78 is 7.35. The maximum atomic E-state index is 13.4. The topological polar surface area (TPSA) is 130 Å². The van der Waals surface area contributed by atoms with Crippen molar-refractivity contribution in [1.29, 1.82) is 0 Å². The van der Waals surface area contributed by atoms with Crippen molar-refractivity contribution in [3.05, 3.63) is 41.7 Å². The standard InChI is InChI=1S/C27H35N7O4/c1-6-28-25(35)18-10-12-34(13-11-18)23-21(15-29-24-22(23)17(4)32-33(24)5)26(36)31-27(37)30-19-8-7-9-20(14-19)38-16(2)3/h7-9,14-16,18H,6,10-13H2,1-5H3,(H,28,35)(H2,30,31,36,37). The number of rotatable bonds is 7. The number of hydrogen-bond acceptors (Lipinski definition) is 7. The molecule has 2 aromatic heterocycles. The summed E-state index contributed by atoms with van der Waals surface area (Å²) in [5.74, 6) is 0.0267. The summed E-state index contributed by atoms with van der Waals surface area (Å²) in [7, 11) is 1.80. The lowest BCUT2D eigenvalue weighted by molar-refractivity contribution is -0.125. The van der Waals surface area contributed by atoms with Gasteiger partial charge in [0, 0.05) is 50.6 Å². The van der Waals surface area contributed by atoms with Crippen LogP contribution in [0, 0.1) is 12.8 Å². The molecule has 4 amide bonds. The second-order valence-electron chi connectivity index (χ2n) is 9.69. The number of carbonyl (C=O) groups is 3. The van der Waals surface area contributed by atoms with E-state index in [1.54, 1.807) is 36.0 Å². The van der Waals surface area contributed by atoms with Crippen LogP contribution >= 0.6 is 0 Å². The highest BCUT2D eigenvalue weighted by atomic mass is 16.5. The fourth-order valence-corrected chi connectivity index (χ4v) is 4.82. The van der Waals surface area contributed by atoms with Gasteiger partial charge in [0.2, 0.25) is 5.91 Å². The molecule has 1 aliphatic heterocycles. The molecule has 11 heteroatoms. The molecule has 202 valence electrons. The number of urea groups is 1. The predicted molar refractivity (Wildman–Crippen MR) is 146 cm³/mol. The van der Waals surface area contributed by atoms with Gasteiger partial charge in [0.05, 0.1) is 28.4 Å². The Balaban J connectivity index is 1.57. The number of imide groups is 1. The number of piperidine rings is 1. The van der Waals surface area contributed by atoms with E-state index in [0.717, 1.165) is 11.1 Å². The molecule has 4 rings (SSSR count). The highest BCUT2D eigenvalue weighted by Gasteiger charge is 2.30. The highest BCUT2D eigenvalue weighted by molar-refractivity contribution is 6.13. The number of aryl methyl sites for hydroxylation is 2. The number of aromatic nitrogens is 3. The van der Waals surface area contributed by atoms with E-state index in [9.17, 15) is 14.4 Å². The average molecular weight is 522 g/mol. The van der Waals surface area contributed by atoms with Gasteiger partial charge in [-0.3, -0.25) is 19.6 Å². The summed E-state index contributed by atoms with van der Waals surface area (Å²) in [4.78, 5) is 45.1. The van der Waals surface area contributed by atoms with Crippen molar-refractivity contribution >= 4 is 40.3 Å². The number of ether oxygens (including phenoxy) is 1. The fourth-order valence-electron chi connectivity index (χ4n) is 4.82. The zero-order valence-corrected chi connectivity index (χ0v) is 22.5. The monoisotopic (exact) mass is 521 g/mol. The Morgan fingerprint density at radius 2 is 1.92 bits per heavy atom. The van der Waals surface area contributed by atoms with E-state index in [2.05, 4.69) is 30.9 Å². The molecule has 11 nitrogen and oxygen atoms in total. The normalized spacial score (nSPS) is 14.0. The first-order valence-corrected chi connectivity index (χ1v) is 12.9. The van der Waals surface area contributed by atoms with Crippen LogP contribution in [0.25, 0.3) is 11.0 Å². The van der Waals surface area contributed by atoms with Crippen molar-refractivity contribution in [2.24, 2.45) is 13.0 Å². The highest BCUT2D eigenvalue weighted by Crippen LogP contribution is 2.34. The maximum absolute atomic E-state index is 13.4. The largest absolute Gasteiger partial charge is 0.491 e. The Kier molecular flexibility index (Phi) is 8.13. The molecule has 0 bridgehead atoms. The molecule has 3 N–H and O–H groups in total. The Hall–Kier alpha value is -4.15. The molecule has 0 aliphatic carbocycles. The van der Waals surface area contributed by atoms with Gasteiger partial charge in [-0.1, -0.05) is 6.07 Å². The summed E-state index contributed by atoms with van der Waals surface area (Å²) in [6, 6.07) is 6.31. The molecule has 0 spiro atoms. The molecule has 3 heterocycles. The SMILES string of the molecule is CCNC(=O)C1CCN(c2c(C(=O)NC(=O)Nc3cccc(OC(C)C)c3)cnc3c2c(C)nn3C)CC1. The minimum Gasteiger partial charge on any atom is -0.491 e. The molecule has 0 atom stereocenters. The number of fused-ring (bicyclic) bond motifs is 1. The summed E-state index contributed by atoms with van der Waals surface area (Å²) >= 11 is 0. The van der Waals surface area contributed by atoms with Crippen molar-refractivity contribution in [3.8, 4) is 5.75 Å². The van der Waals surface area contributed by atoms with E-state index < -0.39 is 11.9 Å². The minimum atomic E-state index is -0.666. The molecule has 1 fully saturated rings. The smallest absolute Gasteiger partial charge is 0.326 e. The molecule has 1 aromatic carbocycles. The molecular weight excluding hydrogens is 486 g/mol. The lowest BCUT2D eigenvalue weighted by atomic mass is 9.94. The van der Waals surface area contributed by atoms with E-state index in [-0.39, 0.29) is 23.5 Å². The van der Waals surface area contributed by atoms with Crippen LogP contribution in [-0.4, -0.2) is 58.3 Å². The van der Waals surface area contributed by atoms with Crippen LogP contribution in [0.3, 0.4) is 0 Å². The van der Waals surface area contributed by atoms with E-state index in [4.69, 9.17) is 4.74 Å². The second kappa shape index (κ2) is 11.5. The fraction of sp³-hybridized carbons (Fsp3) is 0.444. The number of hydrogen-bond donors (Lipinski definition) is 3. The van der Waals surface area contributed by atoms with Crippen molar-refractivity contribution in [1.82, 2.24) is 25.4 Å². The number of benzene rings is 1. The number of nitrogens with zero attached hydrogens (tertiary/aromatic N) is 4. The van der Waals surface area contributed by atoms with Gasteiger partial charge in [-0.15, -0.1) is 0 Å². The van der Waals surface area contributed by atoms with Crippen LogP contribution in [0.2, 0.25) is 0 Å². The van der Waals surface area contributed by atoms with Gasteiger partial charge in [-0.05, 0) is 52.7 Å². The van der Waals surface area contributed by atoms with Crippen molar-refractivity contribution < 1.29 is 19.1 Å². The quantitative estimate of drug-likeness (QED) is 0.434. The second-order valence-corrected chi connectivity index (χ2v) is 9.69. The molecule has 1 saturated heterocycles. The van der Waals surface area contributed by atoms with Crippen LogP contribution in [0.4, 0.5) is 16.2 Å². The van der Waals surface area contributed by atoms with E-state index in [1.807, 2.05) is 27.7 Å². The molecule has 0 unspecified atom stereocenters. The number of pyridine rings is 1. The van der Waals surface area contributed by atoms with Crippen molar-refractivity contribution in [3.63, 3.8) is 0 Å². The van der Waals surface area contributed by atoms with Gasteiger partial charge in [0.1, 0.15) is 5.75 Å². The van der Waals surface area contributed by atoms with Crippen LogP contribution < -0.4 is 25.6 Å². The summed E-state index contributed by atoms with van der Waals surface area (Å²) in [6.07, 6.45) is 2.79. The maximum Gasteiger partial charge on any atom is 0.326 e. The molecule has 38 heavy (non-hydrogen) atoms. The number of nitrogens with one attached hydrogen (secondary N) is 3. The molecule has 1 aliphatic rings. The Bertz CT molecular complexity index is 1340. The zero-order valence-electron chi connectivity index (χ0n) is 22.5. The zero-order chi connectivity index (χ0) is 27.4. The Morgan fingerprint density at radius 1 is 1.18 bits per heavy atom. The Morgan fingerprint density at radius 3 is 2.61 bits per heavy atom. The molecule has 0 saturated carbocycles. The predicted octanol–water partition coefficient (Wildman–Crippen LogP) is 3.38. The van der Waals surface area contributed by atoms with Gasteiger partial charge in [0.15, 0.2) is 5.65 Å². The molecular formula is C27H35N7O4. The third-order valence-electron chi connectivity index (χ3n) is 6.47. The Labute approximate surface area is 221 Å². The van der Waals surface area contributed by atoms with Crippen LogP contribution in [0.1, 0.15) is 49.7 Å². The number of amides is 4. The van der Waals surface area contributed by atoms with E-state index >= 15 is 0 Å². The molecule has 0 radical (unpaired) electrons. The first-order valence-electron chi connectivity index (χ1n) is 12.9. The first-order chi connectivity index (χ1) is 18.2. The summed E-state index contributed by atoms with van der Waals surface area (Å²) in [5, 5.41) is 13.3. The number of anilines is 2.